The minimum absolute atomic E-state index is 0.102. The van der Waals surface area contributed by atoms with E-state index in [1.807, 2.05) is 62.5 Å². The molecule has 0 fully saturated rings. The Hall–Kier alpha value is -3.03. The van der Waals surface area contributed by atoms with Crippen LogP contribution in [0.25, 0.3) is 32.1 Å². The fourth-order valence-corrected chi connectivity index (χ4v) is 4.87. The van der Waals surface area contributed by atoms with Gasteiger partial charge in [0.15, 0.2) is 0 Å². The molecule has 1 amide bonds. The summed E-state index contributed by atoms with van der Waals surface area (Å²) in [6, 6.07) is 11.5. The Balaban J connectivity index is 1.68. The van der Waals surface area contributed by atoms with E-state index in [1.54, 1.807) is 7.11 Å². The van der Waals surface area contributed by atoms with Crippen molar-refractivity contribution in [3.05, 3.63) is 62.7 Å². The van der Waals surface area contributed by atoms with E-state index in [9.17, 15) is 9.59 Å². The van der Waals surface area contributed by atoms with Crippen molar-refractivity contribution in [3.8, 4) is 16.9 Å². The van der Waals surface area contributed by atoms with Gasteiger partial charge in [-0.2, -0.15) is 0 Å². The molecule has 2 heterocycles. The number of hydrogen-bond acceptors (Lipinski definition) is 5. The van der Waals surface area contributed by atoms with E-state index in [2.05, 4.69) is 10.3 Å². The van der Waals surface area contributed by atoms with Crippen LogP contribution in [0.5, 0.6) is 5.75 Å². The van der Waals surface area contributed by atoms with Crippen LogP contribution < -0.4 is 15.6 Å². The highest BCUT2D eigenvalue weighted by Gasteiger charge is 2.18. The van der Waals surface area contributed by atoms with Gasteiger partial charge in [-0.3, -0.25) is 4.79 Å². The number of H-pyrrole nitrogens is 1. The predicted molar refractivity (Wildman–Crippen MR) is 135 cm³/mol. The summed E-state index contributed by atoms with van der Waals surface area (Å²) in [7, 11) is 1.62. The van der Waals surface area contributed by atoms with E-state index in [0.29, 0.717) is 28.4 Å². The summed E-state index contributed by atoms with van der Waals surface area (Å²) in [5.74, 6) is 0.692. The van der Waals surface area contributed by atoms with Crippen molar-refractivity contribution in [2.45, 2.75) is 32.8 Å². The zero-order valence-corrected chi connectivity index (χ0v) is 20.4. The molecule has 0 spiro atoms. The number of amides is 1. The highest BCUT2D eigenvalue weighted by molar-refractivity contribution is 7.17. The number of aromatic nitrogens is 1. The van der Waals surface area contributed by atoms with Gasteiger partial charge in [0.25, 0.3) is 5.56 Å². The highest BCUT2D eigenvalue weighted by atomic mass is 35.5. The van der Waals surface area contributed by atoms with Crippen molar-refractivity contribution in [1.29, 1.82) is 0 Å². The molecular weight excluding hydrogens is 460 g/mol. The summed E-state index contributed by atoms with van der Waals surface area (Å²) in [4.78, 5) is 27.3. The fraction of sp³-hybridized carbons (Fsp3) is 0.280. The van der Waals surface area contributed by atoms with E-state index in [1.165, 1.54) is 11.3 Å². The number of hydrogen-bond donors (Lipinski definition) is 2. The number of alkyl carbamates (subject to hydrolysis) is 1. The van der Waals surface area contributed by atoms with Gasteiger partial charge in [0.1, 0.15) is 16.1 Å². The smallest absolute Gasteiger partial charge is 0.407 e. The monoisotopic (exact) mass is 484 g/mol. The zero-order chi connectivity index (χ0) is 23.8. The molecule has 4 rings (SSSR count). The van der Waals surface area contributed by atoms with Crippen molar-refractivity contribution in [2.75, 3.05) is 13.7 Å². The van der Waals surface area contributed by atoms with Gasteiger partial charge in [-0.1, -0.05) is 23.7 Å². The van der Waals surface area contributed by atoms with E-state index in [-0.39, 0.29) is 5.56 Å². The number of benzene rings is 2. The predicted octanol–water partition coefficient (Wildman–Crippen LogP) is 6.14. The number of aromatic amines is 1. The van der Waals surface area contributed by atoms with Crippen molar-refractivity contribution < 1.29 is 14.3 Å². The maximum absolute atomic E-state index is 12.4. The molecule has 0 bridgehead atoms. The highest BCUT2D eigenvalue weighted by Crippen LogP contribution is 2.41. The van der Waals surface area contributed by atoms with Crippen molar-refractivity contribution >= 4 is 50.0 Å². The zero-order valence-electron chi connectivity index (χ0n) is 18.9. The van der Waals surface area contributed by atoms with E-state index in [4.69, 9.17) is 21.1 Å². The van der Waals surface area contributed by atoms with Crippen LogP contribution in [0, 0.1) is 0 Å². The number of halogens is 1. The Labute approximate surface area is 200 Å². The number of methoxy groups -OCH3 is 1. The van der Waals surface area contributed by atoms with Gasteiger partial charge in [0, 0.05) is 33.4 Å². The van der Waals surface area contributed by atoms with Crippen LogP contribution in [-0.2, 0) is 11.2 Å². The van der Waals surface area contributed by atoms with Crippen LogP contribution in [0.15, 0.2) is 46.6 Å². The molecule has 0 atom stereocenters. The minimum Gasteiger partial charge on any atom is -0.496 e. The average molecular weight is 485 g/mol. The van der Waals surface area contributed by atoms with Crippen LogP contribution >= 0.6 is 22.9 Å². The van der Waals surface area contributed by atoms with Crippen LogP contribution in [0.3, 0.4) is 0 Å². The van der Waals surface area contributed by atoms with Crippen LogP contribution in [-0.4, -0.2) is 30.3 Å². The molecular formula is C25H25ClN2O4S. The first-order valence-electron chi connectivity index (χ1n) is 10.5. The topological polar surface area (TPSA) is 80.4 Å². The first kappa shape index (κ1) is 23.1. The molecule has 2 aromatic carbocycles. The molecule has 8 heteroatoms. The van der Waals surface area contributed by atoms with Gasteiger partial charge in [-0.05, 0) is 68.0 Å². The molecule has 33 heavy (non-hydrogen) atoms. The second kappa shape index (κ2) is 9.08. The van der Waals surface area contributed by atoms with Crippen LogP contribution in [0.2, 0.25) is 5.02 Å². The minimum atomic E-state index is -0.543. The van der Waals surface area contributed by atoms with E-state index in [0.717, 1.165) is 33.0 Å². The molecule has 0 radical (unpaired) electrons. The molecule has 0 unspecified atom stereocenters. The summed E-state index contributed by atoms with van der Waals surface area (Å²) >= 11 is 8.04. The molecule has 0 aliphatic heterocycles. The summed E-state index contributed by atoms with van der Waals surface area (Å²) < 4.78 is 11.6. The molecule has 0 aliphatic rings. The molecule has 4 aromatic rings. The van der Waals surface area contributed by atoms with E-state index < -0.39 is 11.7 Å². The quantitative estimate of drug-likeness (QED) is 0.356. The van der Waals surface area contributed by atoms with Gasteiger partial charge in [0.05, 0.1) is 7.11 Å². The maximum atomic E-state index is 12.4. The normalized spacial score (nSPS) is 11.7. The Morgan fingerprint density at radius 2 is 1.97 bits per heavy atom. The molecule has 0 saturated carbocycles. The van der Waals surface area contributed by atoms with Crippen LogP contribution in [0.4, 0.5) is 4.79 Å². The lowest BCUT2D eigenvalue weighted by Gasteiger charge is -2.19. The van der Waals surface area contributed by atoms with Crippen LogP contribution in [0.1, 0.15) is 26.3 Å². The van der Waals surface area contributed by atoms with E-state index >= 15 is 0 Å². The summed E-state index contributed by atoms with van der Waals surface area (Å²) in [6.45, 7) is 5.87. The molecule has 6 nitrogen and oxygen atoms in total. The Bertz CT molecular complexity index is 1400. The Morgan fingerprint density at radius 1 is 1.18 bits per heavy atom. The third-order valence-electron chi connectivity index (χ3n) is 5.18. The number of nitrogens with one attached hydrogen (secondary N) is 2. The second-order valence-corrected chi connectivity index (χ2v) is 9.99. The first-order chi connectivity index (χ1) is 15.7. The largest absolute Gasteiger partial charge is 0.496 e. The van der Waals surface area contributed by atoms with Crippen molar-refractivity contribution in [1.82, 2.24) is 10.3 Å². The van der Waals surface area contributed by atoms with Gasteiger partial charge in [-0.25, -0.2) is 4.79 Å². The number of thiophene rings is 1. The molecule has 0 saturated heterocycles. The number of rotatable bonds is 5. The summed E-state index contributed by atoms with van der Waals surface area (Å²) in [6.07, 6.45) is 0.108. The standard InChI is InChI=1S/C25H25ClN2O4S/c1-25(2,3)32-24(30)27-11-9-14-5-6-15(13-17(14)26)20-19(31-4)8-7-18-21(20)16-10-12-33-22(16)23(29)28-18/h5-8,10,12-13H,9,11H2,1-4H3,(H,27,30)(H,28,29). The summed E-state index contributed by atoms with van der Waals surface area (Å²) in [5.41, 5.74) is 2.75. The molecule has 2 aromatic heterocycles. The maximum Gasteiger partial charge on any atom is 0.407 e. The fourth-order valence-electron chi connectivity index (χ4n) is 3.80. The Morgan fingerprint density at radius 3 is 2.67 bits per heavy atom. The Kier molecular flexibility index (Phi) is 6.36. The SMILES string of the molecule is COc1ccc2[nH]c(=O)c3sccc3c2c1-c1ccc(CCNC(=O)OC(C)(C)C)c(Cl)c1. The lowest BCUT2D eigenvalue weighted by atomic mass is 9.96. The van der Waals surface area contributed by atoms with Crippen molar-refractivity contribution in [3.63, 3.8) is 0 Å². The molecule has 0 aliphatic carbocycles. The number of pyridine rings is 1. The first-order valence-corrected chi connectivity index (χ1v) is 11.8. The second-order valence-electron chi connectivity index (χ2n) is 8.67. The third kappa shape index (κ3) is 4.84. The van der Waals surface area contributed by atoms with Crippen molar-refractivity contribution in [2.24, 2.45) is 0 Å². The number of ether oxygens (including phenoxy) is 2. The number of fused-ring (bicyclic) bond motifs is 3. The van der Waals surface area contributed by atoms with Gasteiger partial charge < -0.3 is 19.8 Å². The third-order valence-corrected chi connectivity index (χ3v) is 6.45. The molecule has 172 valence electrons. The van der Waals surface area contributed by atoms with Gasteiger partial charge in [-0.15, -0.1) is 11.3 Å². The number of carbonyl (C=O) groups excluding carboxylic acids is 1. The number of carbonyl (C=O) groups is 1. The summed E-state index contributed by atoms with van der Waals surface area (Å²) in [5, 5.41) is 7.05. The van der Waals surface area contributed by atoms with Gasteiger partial charge >= 0.3 is 6.09 Å². The molecule has 2 N–H and O–H groups in total. The lowest BCUT2D eigenvalue weighted by molar-refractivity contribution is 0.0528. The average Bonchev–Trinajstić information content (AvgIpc) is 3.23. The van der Waals surface area contributed by atoms with Gasteiger partial charge in [0.2, 0.25) is 0 Å². The lowest BCUT2D eigenvalue weighted by Crippen LogP contribution is -2.33.